The normalized spacial score (nSPS) is 18.4. The van der Waals surface area contributed by atoms with Gasteiger partial charge in [-0.25, -0.2) is 8.78 Å². The van der Waals surface area contributed by atoms with Gasteiger partial charge in [-0.05, 0) is 48.9 Å². The fourth-order valence-corrected chi connectivity index (χ4v) is 5.12. The zero-order chi connectivity index (χ0) is 29.6. The van der Waals surface area contributed by atoms with Crippen molar-refractivity contribution in [2.45, 2.75) is 31.1 Å². The maximum atomic E-state index is 14.1. The molecule has 2 aliphatic rings. The van der Waals surface area contributed by atoms with Gasteiger partial charge in [0.05, 0.1) is 28.9 Å². The van der Waals surface area contributed by atoms with Crippen molar-refractivity contribution in [1.82, 2.24) is 10.2 Å². The molecule has 0 unspecified atom stereocenters. The molecule has 0 bridgehead atoms. The van der Waals surface area contributed by atoms with Crippen LogP contribution in [-0.4, -0.2) is 42.3 Å². The number of carbonyl (C=O) groups excluding carboxylic acids is 3. The number of ether oxygens (including phenoxy) is 1. The number of benzene rings is 3. The fourth-order valence-electron chi connectivity index (χ4n) is 4.89. The first-order valence-corrected chi connectivity index (χ1v) is 12.7. The SMILES string of the molecule is CN1C(=O)CC[C@@H]1COc1cc(NC(=O)c2cc(F)cc(C(F)(F)F)c2)c2c(c1)C(=O)N[C@H]2c1cc(F)ccc1Cl. The van der Waals surface area contributed by atoms with Crippen LogP contribution in [0.2, 0.25) is 5.02 Å². The Morgan fingerprint density at radius 2 is 1.85 bits per heavy atom. The molecule has 0 aliphatic carbocycles. The Balaban J connectivity index is 1.55. The predicted octanol–water partition coefficient (Wildman–Crippen LogP) is 5.72. The van der Waals surface area contributed by atoms with Crippen LogP contribution in [0.15, 0.2) is 48.5 Å². The van der Waals surface area contributed by atoms with E-state index in [2.05, 4.69) is 10.6 Å². The summed E-state index contributed by atoms with van der Waals surface area (Å²) >= 11 is 6.29. The smallest absolute Gasteiger partial charge is 0.416 e. The highest BCUT2D eigenvalue weighted by atomic mass is 35.5. The van der Waals surface area contributed by atoms with Crippen molar-refractivity contribution in [1.29, 1.82) is 0 Å². The lowest BCUT2D eigenvalue weighted by atomic mass is 9.95. The van der Waals surface area contributed by atoms with Gasteiger partial charge >= 0.3 is 6.18 Å². The molecular weight excluding hydrogens is 573 g/mol. The topological polar surface area (TPSA) is 87.7 Å². The van der Waals surface area contributed by atoms with Crippen molar-refractivity contribution in [3.63, 3.8) is 0 Å². The molecule has 2 heterocycles. The highest BCUT2D eigenvalue weighted by Gasteiger charge is 2.36. The minimum atomic E-state index is -4.91. The second kappa shape index (κ2) is 10.7. The van der Waals surface area contributed by atoms with Crippen LogP contribution >= 0.6 is 11.6 Å². The molecule has 3 aromatic rings. The predicted molar refractivity (Wildman–Crippen MR) is 138 cm³/mol. The van der Waals surface area contributed by atoms with Gasteiger partial charge in [-0.1, -0.05) is 11.6 Å². The van der Waals surface area contributed by atoms with E-state index in [4.69, 9.17) is 16.3 Å². The molecule has 5 rings (SSSR count). The molecule has 1 fully saturated rings. The lowest BCUT2D eigenvalue weighted by Crippen LogP contribution is -2.33. The number of anilines is 1. The first kappa shape index (κ1) is 28.3. The molecule has 2 N–H and O–H groups in total. The molecule has 7 nitrogen and oxygen atoms in total. The Kier molecular flexibility index (Phi) is 7.37. The number of likely N-dealkylation sites (N-methyl/N-ethyl adjacent to an activating group) is 1. The second-order valence-electron chi connectivity index (χ2n) is 9.69. The minimum Gasteiger partial charge on any atom is -0.491 e. The molecule has 0 aromatic heterocycles. The fraction of sp³-hybridized carbons (Fsp3) is 0.250. The van der Waals surface area contributed by atoms with E-state index >= 15 is 0 Å². The number of fused-ring (bicyclic) bond motifs is 1. The number of likely N-dealkylation sites (tertiary alicyclic amines) is 1. The van der Waals surface area contributed by atoms with Gasteiger partial charge in [0.2, 0.25) is 5.91 Å². The third kappa shape index (κ3) is 5.69. The largest absolute Gasteiger partial charge is 0.491 e. The summed E-state index contributed by atoms with van der Waals surface area (Å²) in [5.74, 6) is -3.56. The Labute approximate surface area is 235 Å². The van der Waals surface area contributed by atoms with E-state index in [1.165, 1.54) is 23.1 Å². The summed E-state index contributed by atoms with van der Waals surface area (Å²) in [5, 5.41) is 5.24. The van der Waals surface area contributed by atoms with Crippen LogP contribution in [0.4, 0.5) is 27.6 Å². The van der Waals surface area contributed by atoms with E-state index in [0.717, 1.165) is 12.1 Å². The van der Waals surface area contributed by atoms with E-state index in [0.29, 0.717) is 25.0 Å². The standard InChI is InChI=1S/C28H21ClF5N3O4/c1-37-17(3-5-23(37)38)12-41-18-10-20-24(25(36-27(20)40)19-9-15(30)2-4-21(19)29)22(11-18)35-26(39)13-6-14(28(32,33)34)8-16(31)7-13/h2,4,6-11,17,25H,3,5,12H2,1H3,(H,35,39)(H,36,40)/t17-,25+/m1/s1. The van der Waals surface area contributed by atoms with Crippen molar-refractivity contribution in [2.24, 2.45) is 0 Å². The van der Waals surface area contributed by atoms with E-state index in [-0.39, 0.29) is 57.8 Å². The van der Waals surface area contributed by atoms with Crippen LogP contribution in [0.5, 0.6) is 5.75 Å². The van der Waals surface area contributed by atoms with Gasteiger partial charge in [-0.3, -0.25) is 14.4 Å². The van der Waals surface area contributed by atoms with Crippen molar-refractivity contribution in [3.8, 4) is 5.75 Å². The van der Waals surface area contributed by atoms with Crippen LogP contribution in [-0.2, 0) is 11.0 Å². The van der Waals surface area contributed by atoms with Crippen molar-refractivity contribution >= 4 is 35.0 Å². The molecule has 13 heteroatoms. The molecule has 2 atom stereocenters. The summed E-state index contributed by atoms with van der Waals surface area (Å²) < 4.78 is 73.8. The lowest BCUT2D eigenvalue weighted by Gasteiger charge is -2.22. The van der Waals surface area contributed by atoms with Crippen molar-refractivity contribution in [3.05, 3.63) is 93.0 Å². The van der Waals surface area contributed by atoms with E-state index < -0.39 is 46.8 Å². The van der Waals surface area contributed by atoms with Crippen LogP contribution in [0, 0.1) is 11.6 Å². The number of halogens is 6. The van der Waals surface area contributed by atoms with Crippen LogP contribution in [0.25, 0.3) is 0 Å². The van der Waals surface area contributed by atoms with Crippen molar-refractivity contribution < 1.29 is 41.1 Å². The molecular formula is C28H21ClF5N3O4. The summed E-state index contributed by atoms with van der Waals surface area (Å²) in [4.78, 5) is 39.5. The van der Waals surface area contributed by atoms with Gasteiger partial charge in [0.15, 0.2) is 0 Å². The van der Waals surface area contributed by atoms with Gasteiger partial charge in [-0.2, -0.15) is 13.2 Å². The Morgan fingerprint density at radius 3 is 2.54 bits per heavy atom. The number of hydrogen-bond acceptors (Lipinski definition) is 4. The van der Waals surface area contributed by atoms with E-state index in [9.17, 15) is 36.3 Å². The summed E-state index contributed by atoms with van der Waals surface area (Å²) in [5.41, 5.74) is -1.68. The van der Waals surface area contributed by atoms with Gasteiger partial charge in [0, 0.05) is 41.2 Å². The highest BCUT2D eigenvalue weighted by molar-refractivity contribution is 6.31. The van der Waals surface area contributed by atoms with E-state index in [1.807, 2.05) is 0 Å². The highest BCUT2D eigenvalue weighted by Crippen LogP contribution is 2.42. The molecule has 3 amide bonds. The molecule has 0 saturated carbocycles. The number of nitrogens with one attached hydrogen (secondary N) is 2. The Morgan fingerprint density at radius 1 is 1.10 bits per heavy atom. The second-order valence-corrected chi connectivity index (χ2v) is 10.1. The van der Waals surface area contributed by atoms with Gasteiger partial charge in [0.25, 0.3) is 11.8 Å². The van der Waals surface area contributed by atoms with Crippen LogP contribution in [0.3, 0.4) is 0 Å². The number of carbonyl (C=O) groups is 3. The Hall–Kier alpha value is -4.19. The third-order valence-electron chi connectivity index (χ3n) is 7.04. The zero-order valence-electron chi connectivity index (χ0n) is 21.2. The van der Waals surface area contributed by atoms with Gasteiger partial charge < -0.3 is 20.3 Å². The molecule has 0 radical (unpaired) electrons. The maximum absolute atomic E-state index is 14.1. The average Bonchev–Trinajstić information content (AvgIpc) is 3.41. The van der Waals surface area contributed by atoms with Gasteiger partial charge in [0.1, 0.15) is 24.0 Å². The Bertz CT molecular complexity index is 1580. The maximum Gasteiger partial charge on any atom is 0.416 e. The quantitative estimate of drug-likeness (QED) is 0.358. The average molecular weight is 594 g/mol. The molecule has 2 aliphatic heterocycles. The lowest BCUT2D eigenvalue weighted by molar-refractivity contribution is -0.137. The number of amides is 3. The van der Waals surface area contributed by atoms with Crippen LogP contribution < -0.4 is 15.4 Å². The first-order valence-electron chi connectivity index (χ1n) is 12.3. The zero-order valence-corrected chi connectivity index (χ0v) is 22.0. The van der Waals surface area contributed by atoms with Gasteiger partial charge in [-0.15, -0.1) is 0 Å². The number of nitrogens with zero attached hydrogens (tertiary/aromatic N) is 1. The molecule has 1 saturated heterocycles. The minimum absolute atomic E-state index is 0.0363. The number of hydrogen-bond donors (Lipinski definition) is 2. The molecule has 41 heavy (non-hydrogen) atoms. The summed E-state index contributed by atoms with van der Waals surface area (Å²) in [6.45, 7) is 0.0635. The van der Waals surface area contributed by atoms with Crippen LogP contribution in [0.1, 0.15) is 56.3 Å². The van der Waals surface area contributed by atoms with E-state index in [1.54, 1.807) is 7.05 Å². The summed E-state index contributed by atoms with van der Waals surface area (Å²) in [6, 6.07) is 6.38. The third-order valence-corrected chi connectivity index (χ3v) is 7.39. The summed E-state index contributed by atoms with van der Waals surface area (Å²) in [6.07, 6.45) is -4.01. The molecule has 0 spiro atoms. The molecule has 214 valence electrons. The molecule has 3 aromatic carbocycles. The van der Waals surface area contributed by atoms with Crippen molar-refractivity contribution in [2.75, 3.05) is 19.0 Å². The number of alkyl halides is 3. The number of rotatable bonds is 6. The summed E-state index contributed by atoms with van der Waals surface area (Å²) in [7, 11) is 1.63. The first-order chi connectivity index (χ1) is 19.3. The monoisotopic (exact) mass is 593 g/mol.